The normalized spacial score (nSPS) is 16.2. The maximum atomic E-state index is 12.5. The Labute approximate surface area is 138 Å². The third kappa shape index (κ3) is 3.16. The highest BCUT2D eigenvalue weighted by molar-refractivity contribution is 5.94. The summed E-state index contributed by atoms with van der Waals surface area (Å²) in [5.74, 6) is 0.0860. The van der Waals surface area contributed by atoms with E-state index in [2.05, 4.69) is 9.97 Å². The quantitative estimate of drug-likeness (QED) is 0.849. The van der Waals surface area contributed by atoms with Crippen molar-refractivity contribution in [2.45, 2.75) is 12.5 Å². The number of rotatable bonds is 3. The smallest absolute Gasteiger partial charge is 0.253 e. The monoisotopic (exact) mass is 319 g/mol. The Morgan fingerprint density at radius 1 is 1.17 bits per heavy atom. The van der Waals surface area contributed by atoms with Gasteiger partial charge in [-0.05, 0) is 24.3 Å². The van der Waals surface area contributed by atoms with Crippen molar-refractivity contribution in [2.75, 3.05) is 13.1 Å². The third-order valence-corrected chi connectivity index (χ3v) is 3.74. The molecule has 24 heavy (non-hydrogen) atoms. The van der Waals surface area contributed by atoms with Crippen molar-refractivity contribution in [3.63, 3.8) is 0 Å². The van der Waals surface area contributed by atoms with Gasteiger partial charge >= 0.3 is 0 Å². The lowest BCUT2D eigenvalue weighted by atomic mass is 10.1. The number of carbonyl (C=O) groups is 1. The predicted molar refractivity (Wildman–Crippen MR) is 82.8 cm³/mol. The molecule has 1 amide bonds. The Morgan fingerprint density at radius 2 is 1.92 bits per heavy atom. The minimum atomic E-state index is -0.226. The summed E-state index contributed by atoms with van der Waals surface area (Å²) in [5, 5.41) is 17.8. The molecule has 1 aliphatic rings. The van der Waals surface area contributed by atoms with Gasteiger partial charge in [-0.25, -0.2) is 9.97 Å². The van der Waals surface area contributed by atoms with Gasteiger partial charge < -0.3 is 9.64 Å². The van der Waals surface area contributed by atoms with Gasteiger partial charge in [0.15, 0.2) is 0 Å². The van der Waals surface area contributed by atoms with Gasteiger partial charge in [-0.2, -0.15) is 10.5 Å². The highest BCUT2D eigenvalue weighted by atomic mass is 16.5. The SMILES string of the molecule is N#Cc1ccc(C(=O)N2CCC(Oc3nccnc3C#N)C2)cc1. The zero-order valence-electron chi connectivity index (χ0n) is 12.7. The van der Waals surface area contributed by atoms with Crippen LogP contribution in [0.5, 0.6) is 5.88 Å². The molecule has 1 unspecified atom stereocenters. The van der Waals surface area contributed by atoms with Crippen molar-refractivity contribution in [2.24, 2.45) is 0 Å². The number of nitrogens with zero attached hydrogens (tertiary/aromatic N) is 5. The van der Waals surface area contributed by atoms with E-state index in [1.54, 1.807) is 29.2 Å². The lowest BCUT2D eigenvalue weighted by Crippen LogP contribution is -2.31. The number of aromatic nitrogens is 2. The Balaban J connectivity index is 1.65. The van der Waals surface area contributed by atoms with Gasteiger partial charge in [0.25, 0.3) is 11.8 Å². The minimum absolute atomic E-state index is 0.106. The number of hydrogen-bond acceptors (Lipinski definition) is 6. The molecule has 1 saturated heterocycles. The average Bonchev–Trinajstić information content (AvgIpc) is 3.10. The van der Waals surface area contributed by atoms with Crippen LogP contribution in [0.4, 0.5) is 0 Å². The van der Waals surface area contributed by atoms with Gasteiger partial charge in [0.2, 0.25) is 5.69 Å². The fourth-order valence-corrected chi connectivity index (χ4v) is 2.52. The average molecular weight is 319 g/mol. The van der Waals surface area contributed by atoms with Crippen LogP contribution in [0.25, 0.3) is 0 Å². The number of ether oxygens (including phenoxy) is 1. The van der Waals surface area contributed by atoms with E-state index >= 15 is 0 Å². The van der Waals surface area contributed by atoms with E-state index in [4.69, 9.17) is 15.3 Å². The first kappa shape index (κ1) is 15.4. The van der Waals surface area contributed by atoms with Crippen molar-refractivity contribution in [3.05, 3.63) is 53.5 Å². The molecule has 0 spiro atoms. The molecule has 0 aliphatic carbocycles. The number of nitriles is 2. The van der Waals surface area contributed by atoms with E-state index < -0.39 is 0 Å². The Hall–Kier alpha value is -3.45. The summed E-state index contributed by atoms with van der Waals surface area (Å²) in [6, 6.07) is 10.5. The number of benzene rings is 1. The van der Waals surface area contributed by atoms with Crippen LogP contribution in [0.1, 0.15) is 28.0 Å². The van der Waals surface area contributed by atoms with Crippen molar-refractivity contribution in [3.8, 4) is 18.0 Å². The van der Waals surface area contributed by atoms with Crippen LogP contribution in [0.2, 0.25) is 0 Å². The van der Waals surface area contributed by atoms with E-state index in [-0.39, 0.29) is 23.6 Å². The van der Waals surface area contributed by atoms with Gasteiger partial charge in [-0.1, -0.05) is 0 Å². The molecular formula is C17H13N5O2. The lowest BCUT2D eigenvalue weighted by Gasteiger charge is -2.17. The standard InChI is InChI=1S/C17H13N5O2/c18-9-12-1-3-13(4-2-12)17(23)22-8-5-14(11-22)24-16-15(10-19)20-6-7-21-16/h1-4,6-7,14H,5,8,11H2. The molecular weight excluding hydrogens is 306 g/mol. The summed E-state index contributed by atoms with van der Waals surface area (Å²) in [6.45, 7) is 0.978. The Morgan fingerprint density at radius 3 is 2.62 bits per heavy atom. The zero-order chi connectivity index (χ0) is 16.9. The molecule has 0 bridgehead atoms. The molecule has 1 aromatic heterocycles. The number of amides is 1. The molecule has 1 aliphatic heterocycles. The second-order valence-electron chi connectivity index (χ2n) is 5.29. The van der Waals surface area contributed by atoms with Crippen LogP contribution in [0.15, 0.2) is 36.7 Å². The summed E-state index contributed by atoms with van der Waals surface area (Å²) >= 11 is 0. The molecule has 0 radical (unpaired) electrons. The first-order valence-corrected chi connectivity index (χ1v) is 7.38. The zero-order valence-corrected chi connectivity index (χ0v) is 12.7. The Kier molecular flexibility index (Phi) is 4.35. The van der Waals surface area contributed by atoms with E-state index in [9.17, 15) is 4.79 Å². The maximum absolute atomic E-state index is 12.5. The van der Waals surface area contributed by atoms with Crippen LogP contribution in [-0.2, 0) is 0 Å². The molecule has 7 heteroatoms. The molecule has 7 nitrogen and oxygen atoms in total. The Bertz CT molecular complexity index is 835. The van der Waals surface area contributed by atoms with E-state index in [1.807, 2.05) is 12.1 Å². The highest BCUT2D eigenvalue weighted by Gasteiger charge is 2.29. The molecule has 0 saturated carbocycles. The molecule has 118 valence electrons. The topological polar surface area (TPSA) is 103 Å². The molecule has 1 aromatic carbocycles. The summed E-state index contributed by atoms with van der Waals surface area (Å²) in [7, 11) is 0. The molecule has 1 atom stereocenters. The molecule has 3 rings (SSSR count). The highest BCUT2D eigenvalue weighted by Crippen LogP contribution is 2.20. The van der Waals surface area contributed by atoms with Crippen molar-refractivity contribution in [1.82, 2.24) is 14.9 Å². The second-order valence-corrected chi connectivity index (χ2v) is 5.29. The largest absolute Gasteiger partial charge is 0.470 e. The van der Waals surface area contributed by atoms with Crippen LogP contribution < -0.4 is 4.74 Å². The minimum Gasteiger partial charge on any atom is -0.470 e. The number of carbonyl (C=O) groups excluding carboxylic acids is 1. The summed E-state index contributed by atoms with van der Waals surface area (Å²) in [5.41, 5.74) is 1.18. The summed E-state index contributed by atoms with van der Waals surface area (Å²) in [6.07, 6.45) is 3.32. The second kappa shape index (κ2) is 6.76. The first-order valence-electron chi connectivity index (χ1n) is 7.38. The fraction of sp³-hybridized carbons (Fsp3) is 0.235. The molecule has 1 fully saturated rings. The lowest BCUT2D eigenvalue weighted by molar-refractivity contribution is 0.0771. The maximum Gasteiger partial charge on any atom is 0.253 e. The summed E-state index contributed by atoms with van der Waals surface area (Å²) < 4.78 is 5.72. The molecule has 2 aromatic rings. The number of hydrogen-bond donors (Lipinski definition) is 0. The fourth-order valence-electron chi connectivity index (χ4n) is 2.52. The van der Waals surface area contributed by atoms with Crippen molar-refractivity contribution >= 4 is 5.91 Å². The van der Waals surface area contributed by atoms with Crippen molar-refractivity contribution < 1.29 is 9.53 Å². The van der Waals surface area contributed by atoms with Gasteiger partial charge in [-0.3, -0.25) is 4.79 Å². The van der Waals surface area contributed by atoms with Gasteiger partial charge in [0, 0.05) is 30.9 Å². The first-order chi connectivity index (χ1) is 11.7. The van der Waals surface area contributed by atoms with E-state index in [1.165, 1.54) is 12.4 Å². The third-order valence-electron chi connectivity index (χ3n) is 3.74. The van der Waals surface area contributed by atoms with Crippen LogP contribution in [0.3, 0.4) is 0 Å². The van der Waals surface area contributed by atoms with Gasteiger partial charge in [0.1, 0.15) is 12.2 Å². The van der Waals surface area contributed by atoms with Gasteiger partial charge in [0.05, 0.1) is 18.2 Å². The summed E-state index contributed by atoms with van der Waals surface area (Å²) in [4.78, 5) is 22.1. The predicted octanol–water partition coefficient (Wildman–Crippen LogP) is 1.51. The van der Waals surface area contributed by atoms with Gasteiger partial charge in [-0.15, -0.1) is 0 Å². The van der Waals surface area contributed by atoms with E-state index in [0.717, 1.165) is 0 Å². The number of likely N-dealkylation sites (tertiary alicyclic amines) is 1. The van der Waals surface area contributed by atoms with E-state index in [0.29, 0.717) is 30.6 Å². The van der Waals surface area contributed by atoms with Crippen LogP contribution >= 0.6 is 0 Å². The molecule has 0 N–H and O–H groups in total. The van der Waals surface area contributed by atoms with Crippen LogP contribution in [0, 0.1) is 22.7 Å². The van der Waals surface area contributed by atoms with Crippen molar-refractivity contribution in [1.29, 1.82) is 10.5 Å². The van der Waals surface area contributed by atoms with Crippen LogP contribution in [-0.4, -0.2) is 40.0 Å². The molecule has 2 heterocycles.